The first-order valence-electron chi connectivity index (χ1n) is 6.94. The number of para-hydroxylation sites is 1. The standard InChI is InChI=1S/C16H25NOSSi/c1-6-10-14(17(2)20(3,4)5)13-16(19)18-15-11-8-7-9-12-15/h6-9,11-12,14H,1,10,13H2,2-5H3. The minimum Gasteiger partial charge on any atom is -0.450 e. The molecular weight excluding hydrogens is 282 g/mol. The molecule has 0 aromatic heterocycles. The van der Waals surface area contributed by atoms with Crippen LogP contribution in [0, 0.1) is 0 Å². The van der Waals surface area contributed by atoms with Crippen LogP contribution in [-0.4, -0.2) is 30.9 Å². The van der Waals surface area contributed by atoms with Crippen LogP contribution in [0.4, 0.5) is 0 Å². The van der Waals surface area contributed by atoms with Gasteiger partial charge < -0.3 is 9.30 Å². The lowest BCUT2D eigenvalue weighted by Gasteiger charge is -2.37. The van der Waals surface area contributed by atoms with E-state index in [0.29, 0.717) is 11.1 Å². The Hall–Kier alpha value is -0.973. The predicted molar refractivity (Wildman–Crippen MR) is 94.0 cm³/mol. The maximum atomic E-state index is 5.74. The SMILES string of the molecule is C=CCC(CC(=S)Oc1ccccc1)N(C)[Si](C)(C)C. The molecule has 4 heteroatoms. The summed E-state index contributed by atoms with van der Waals surface area (Å²) in [4.78, 5) is 0. The Morgan fingerprint density at radius 2 is 1.95 bits per heavy atom. The summed E-state index contributed by atoms with van der Waals surface area (Å²) in [5.74, 6) is 0.811. The molecule has 1 atom stereocenters. The second kappa shape index (κ2) is 7.72. The highest BCUT2D eigenvalue weighted by atomic mass is 32.1. The maximum Gasteiger partial charge on any atom is 0.168 e. The molecule has 1 rings (SSSR count). The van der Waals surface area contributed by atoms with E-state index in [1.54, 1.807) is 0 Å². The van der Waals surface area contributed by atoms with Gasteiger partial charge in [-0.1, -0.05) is 43.9 Å². The molecule has 0 amide bonds. The van der Waals surface area contributed by atoms with Crippen molar-refractivity contribution in [3.05, 3.63) is 43.0 Å². The van der Waals surface area contributed by atoms with Crippen molar-refractivity contribution in [3.63, 3.8) is 0 Å². The fourth-order valence-electron chi connectivity index (χ4n) is 1.97. The molecule has 0 fully saturated rings. The zero-order chi connectivity index (χ0) is 15.2. The van der Waals surface area contributed by atoms with Crippen molar-refractivity contribution in [2.45, 2.75) is 38.5 Å². The highest BCUT2D eigenvalue weighted by Gasteiger charge is 2.27. The molecule has 0 aliphatic rings. The summed E-state index contributed by atoms with van der Waals surface area (Å²) in [6.45, 7) is 10.9. The van der Waals surface area contributed by atoms with E-state index in [1.807, 2.05) is 36.4 Å². The Kier molecular flexibility index (Phi) is 6.59. The van der Waals surface area contributed by atoms with E-state index in [9.17, 15) is 0 Å². The molecule has 0 bridgehead atoms. The van der Waals surface area contributed by atoms with Gasteiger partial charge in [0.1, 0.15) is 14.0 Å². The van der Waals surface area contributed by atoms with Gasteiger partial charge in [-0.2, -0.15) is 0 Å². The third kappa shape index (κ3) is 5.57. The predicted octanol–water partition coefficient (Wildman–Crippen LogP) is 4.49. The van der Waals surface area contributed by atoms with Gasteiger partial charge >= 0.3 is 0 Å². The lowest BCUT2D eigenvalue weighted by molar-refractivity contribution is 0.367. The summed E-state index contributed by atoms with van der Waals surface area (Å²) in [5, 5.41) is 0.646. The quantitative estimate of drug-likeness (QED) is 0.418. The number of hydrogen-bond acceptors (Lipinski definition) is 3. The molecule has 0 radical (unpaired) electrons. The van der Waals surface area contributed by atoms with Gasteiger partial charge in [0.15, 0.2) is 5.05 Å². The van der Waals surface area contributed by atoms with Crippen molar-refractivity contribution in [1.29, 1.82) is 0 Å². The van der Waals surface area contributed by atoms with Crippen molar-refractivity contribution < 1.29 is 4.74 Å². The molecule has 1 aromatic carbocycles. The second-order valence-electron chi connectivity index (χ2n) is 5.95. The Morgan fingerprint density at radius 3 is 2.45 bits per heavy atom. The van der Waals surface area contributed by atoms with Crippen molar-refractivity contribution in [3.8, 4) is 5.75 Å². The van der Waals surface area contributed by atoms with Crippen LogP contribution in [0.25, 0.3) is 0 Å². The summed E-state index contributed by atoms with van der Waals surface area (Å²) in [7, 11) is 0.837. The minimum absolute atomic E-state index is 0.371. The van der Waals surface area contributed by atoms with E-state index >= 15 is 0 Å². The third-order valence-electron chi connectivity index (χ3n) is 3.42. The first kappa shape index (κ1) is 17.1. The number of nitrogens with zero attached hydrogens (tertiary/aromatic N) is 1. The lowest BCUT2D eigenvalue weighted by Crippen LogP contribution is -2.50. The molecule has 0 aliphatic carbocycles. The number of thiocarbonyl (C=S) groups is 1. The highest BCUT2D eigenvalue weighted by Crippen LogP contribution is 2.19. The van der Waals surface area contributed by atoms with Crippen molar-refractivity contribution in [2.24, 2.45) is 0 Å². The van der Waals surface area contributed by atoms with Gasteiger partial charge in [-0.3, -0.25) is 0 Å². The lowest BCUT2D eigenvalue weighted by atomic mass is 10.1. The van der Waals surface area contributed by atoms with Crippen LogP contribution in [0.1, 0.15) is 12.8 Å². The van der Waals surface area contributed by atoms with Gasteiger partial charge in [0.25, 0.3) is 0 Å². The van der Waals surface area contributed by atoms with Crippen LogP contribution >= 0.6 is 12.2 Å². The second-order valence-corrected chi connectivity index (χ2v) is 11.5. The van der Waals surface area contributed by atoms with E-state index < -0.39 is 8.24 Å². The molecule has 0 saturated heterocycles. The molecule has 20 heavy (non-hydrogen) atoms. The fourth-order valence-corrected chi connectivity index (χ4v) is 3.55. The molecule has 1 aromatic rings. The van der Waals surface area contributed by atoms with Crippen LogP contribution in [-0.2, 0) is 0 Å². The van der Waals surface area contributed by atoms with Gasteiger partial charge in [0.2, 0.25) is 0 Å². The third-order valence-corrected chi connectivity index (χ3v) is 6.15. The summed E-state index contributed by atoms with van der Waals surface area (Å²) in [6, 6.07) is 10.1. The molecule has 0 aliphatic heterocycles. The van der Waals surface area contributed by atoms with Crippen LogP contribution in [0.5, 0.6) is 5.75 Å². The monoisotopic (exact) mass is 307 g/mol. The van der Waals surface area contributed by atoms with Crippen molar-refractivity contribution in [2.75, 3.05) is 7.05 Å². The molecule has 0 saturated carbocycles. The molecule has 0 spiro atoms. The van der Waals surface area contributed by atoms with Gasteiger partial charge in [0, 0.05) is 12.5 Å². The van der Waals surface area contributed by atoms with E-state index in [1.165, 1.54) is 0 Å². The number of benzene rings is 1. The Balaban J connectivity index is 2.66. The van der Waals surface area contributed by atoms with Crippen molar-refractivity contribution >= 4 is 25.5 Å². The highest BCUT2D eigenvalue weighted by molar-refractivity contribution is 7.80. The van der Waals surface area contributed by atoms with E-state index in [2.05, 4.69) is 37.8 Å². The zero-order valence-electron chi connectivity index (χ0n) is 12.9. The average Bonchev–Trinajstić information content (AvgIpc) is 2.37. The van der Waals surface area contributed by atoms with Crippen LogP contribution in [0.15, 0.2) is 43.0 Å². The number of hydrogen-bond donors (Lipinski definition) is 0. The molecular formula is C16H25NOSSi. The molecule has 2 nitrogen and oxygen atoms in total. The van der Waals surface area contributed by atoms with Crippen LogP contribution in [0.2, 0.25) is 19.6 Å². The largest absolute Gasteiger partial charge is 0.450 e. The topological polar surface area (TPSA) is 12.5 Å². The van der Waals surface area contributed by atoms with Crippen molar-refractivity contribution in [1.82, 2.24) is 4.57 Å². The maximum absolute atomic E-state index is 5.74. The smallest absolute Gasteiger partial charge is 0.168 e. The summed E-state index contributed by atoms with van der Waals surface area (Å²) >= 11 is 5.40. The zero-order valence-corrected chi connectivity index (χ0v) is 14.7. The molecule has 0 N–H and O–H groups in total. The van der Waals surface area contributed by atoms with Gasteiger partial charge in [-0.15, -0.1) is 6.58 Å². The van der Waals surface area contributed by atoms with Gasteiger partial charge in [0.05, 0.1) is 0 Å². The summed E-state index contributed by atoms with van der Waals surface area (Å²) in [6.07, 6.45) is 3.66. The van der Waals surface area contributed by atoms with Crippen LogP contribution < -0.4 is 4.74 Å². The summed E-state index contributed by atoms with van der Waals surface area (Å²) < 4.78 is 8.21. The normalized spacial score (nSPS) is 13.1. The minimum atomic E-state index is -1.35. The van der Waals surface area contributed by atoms with Crippen LogP contribution in [0.3, 0.4) is 0 Å². The first-order chi connectivity index (χ1) is 9.34. The first-order valence-corrected chi connectivity index (χ1v) is 10.8. The van der Waals surface area contributed by atoms with Gasteiger partial charge in [-0.25, -0.2) is 0 Å². The molecule has 110 valence electrons. The molecule has 0 heterocycles. The van der Waals surface area contributed by atoms with E-state index in [0.717, 1.165) is 18.6 Å². The Bertz CT molecular complexity index is 442. The average molecular weight is 308 g/mol. The number of rotatable bonds is 7. The fraction of sp³-hybridized carbons (Fsp3) is 0.438. The summed E-state index contributed by atoms with van der Waals surface area (Å²) in [5.41, 5.74) is 0. The molecule has 1 unspecified atom stereocenters. The van der Waals surface area contributed by atoms with Gasteiger partial charge in [-0.05, 0) is 37.8 Å². The Labute approximate surface area is 129 Å². The Morgan fingerprint density at radius 1 is 1.35 bits per heavy atom. The number of ether oxygens (including phenoxy) is 1. The van der Waals surface area contributed by atoms with E-state index in [4.69, 9.17) is 17.0 Å². The van der Waals surface area contributed by atoms with E-state index in [-0.39, 0.29) is 0 Å².